The molecule has 4 heteroatoms. The Morgan fingerprint density at radius 1 is 1.09 bits per heavy atom. The molecule has 116 valence electrons. The van der Waals surface area contributed by atoms with E-state index in [4.69, 9.17) is 5.11 Å². The molecule has 1 heterocycles. The number of rotatable bonds is 8. The van der Waals surface area contributed by atoms with Gasteiger partial charge in [0.15, 0.2) is 0 Å². The molecule has 0 aliphatic carbocycles. The van der Waals surface area contributed by atoms with Crippen molar-refractivity contribution in [1.82, 2.24) is 9.88 Å². The van der Waals surface area contributed by atoms with E-state index in [-0.39, 0.29) is 5.69 Å². The van der Waals surface area contributed by atoms with Gasteiger partial charge in [0.05, 0.1) is 5.69 Å². The fourth-order valence-electron chi connectivity index (χ4n) is 2.43. The minimum atomic E-state index is -0.979. The van der Waals surface area contributed by atoms with Crippen LogP contribution in [0.1, 0.15) is 35.1 Å². The average Bonchev–Trinajstić information content (AvgIpc) is 2.54. The number of nitrogens with zero attached hydrogens (tertiary/aromatic N) is 2. The molecule has 2 rings (SSSR count). The molecule has 0 saturated heterocycles. The number of carboxylic acid groups (broad SMARTS) is 1. The topological polar surface area (TPSA) is 53.4 Å². The van der Waals surface area contributed by atoms with Crippen LogP contribution in [0.4, 0.5) is 0 Å². The molecule has 0 saturated carbocycles. The van der Waals surface area contributed by atoms with Crippen molar-refractivity contribution in [1.29, 1.82) is 0 Å². The Bertz CT molecular complexity index is 599. The van der Waals surface area contributed by atoms with Gasteiger partial charge in [0.2, 0.25) is 0 Å². The van der Waals surface area contributed by atoms with E-state index in [0.717, 1.165) is 31.6 Å². The Labute approximate surface area is 131 Å². The van der Waals surface area contributed by atoms with Gasteiger partial charge >= 0.3 is 5.97 Å². The molecule has 1 aromatic heterocycles. The molecule has 0 aliphatic rings. The number of aromatic carboxylic acids is 1. The molecule has 0 unspecified atom stereocenters. The Morgan fingerprint density at radius 2 is 1.86 bits per heavy atom. The Hall–Kier alpha value is -2.20. The highest BCUT2D eigenvalue weighted by molar-refractivity contribution is 5.85. The molecule has 1 N–H and O–H groups in total. The first-order valence-electron chi connectivity index (χ1n) is 7.64. The van der Waals surface area contributed by atoms with Gasteiger partial charge in [-0.05, 0) is 37.1 Å². The molecule has 0 spiro atoms. The predicted octanol–water partition coefficient (Wildman–Crippen LogP) is 3.23. The maximum absolute atomic E-state index is 11.0. The van der Waals surface area contributed by atoms with Gasteiger partial charge in [0.25, 0.3) is 0 Å². The molecular formula is C18H22N2O2. The SMILES string of the molecule is CCCN(CCc1ccccc1)Cc1cccc(C(=O)O)n1. The normalized spacial score (nSPS) is 10.8. The van der Waals surface area contributed by atoms with Crippen molar-refractivity contribution >= 4 is 5.97 Å². The number of hydrogen-bond acceptors (Lipinski definition) is 3. The molecule has 22 heavy (non-hydrogen) atoms. The summed E-state index contributed by atoms with van der Waals surface area (Å²) >= 11 is 0. The molecule has 4 nitrogen and oxygen atoms in total. The lowest BCUT2D eigenvalue weighted by molar-refractivity contribution is 0.0690. The summed E-state index contributed by atoms with van der Waals surface area (Å²) in [5.74, 6) is -0.979. The standard InChI is InChI=1S/C18H22N2O2/c1-2-12-20(13-11-15-7-4-3-5-8-15)14-16-9-6-10-17(19-16)18(21)22/h3-10H,2,11-14H2,1H3,(H,21,22). The summed E-state index contributed by atoms with van der Waals surface area (Å²) in [6.45, 7) is 4.75. The predicted molar refractivity (Wildman–Crippen MR) is 86.9 cm³/mol. The summed E-state index contributed by atoms with van der Waals surface area (Å²) < 4.78 is 0. The summed E-state index contributed by atoms with van der Waals surface area (Å²) in [5.41, 5.74) is 2.23. The molecule has 0 atom stereocenters. The van der Waals surface area contributed by atoms with Crippen LogP contribution in [0.5, 0.6) is 0 Å². The fourth-order valence-corrected chi connectivity index (χ4v) is 2.43. The third kappa shape index (κ3) is 4.97. The first-order valence-corrected chi connectivity index (χ1v) is 7.64. The summed E-state index contributed by atoms with van der Waals surface area (Å²) in [5, 5.41) is 9.02. The second-order valence-corrected chi connectivity index (χ2v) is 5.33. The maximum Gasteiger partial charge on any atom is 0.354 e. The number of benzene rings is 1. The van der Waals surface area contributed by atoms with Gasteiger partial charge in [-0.3, -0.25) is 4.90 Å². The molecule has 0 bridgehead atoms. The average molecular weight is 298 g/mol. The largest absolute Gasteiger partial charge is 0.477 e. The quantitative estimate of drug-likeness (QED) is 0.813. The summed E-state index contributed by atoms with van der Waals surface area (Å²) in [7, 11) is 0. The van der Waals surface area contributed by atoms with Crippen LogP contribution >= 0.6 is 0 Å². The number of pyridine rings is 1. The molecule has 1 aromatic carbocycles. The van der Waals surface area contributed by atoms with Crippen molar-refractivity contribution in [2.75, 3.05) is 13.1 Å². The molecule has 0 radical (unpaired) electrons. The molecule has 0 aliphatic heterocycles. The zero-order valence-electron chi connectivity index (χ0n) is 12.9. The monoisotopic (exact) mass is 298 g/mol. The minimum absolute atomic E-state index is 0.108. The van der Waals surface area contributed by atoms with Crippen LogP contribution in [0, 0.1) is 0 Å². The van der Waals surface area contributed by atoms with E-state index >= 15 is 0 Å². The molecular weight excluding hydrogens is 276 g/mol. The van der Waals surface area contributed by atoms with Crippen LogP contribution in [0.15, 0.2) is 48.5 Å². The van der Waals surface area contributed by atoms with E-state index in [0.29, 0.717) is 6.54 Å². The van der Waals surface area contributed by atoms with E-state index in [1.54, 1.807) is 6.07 Å². The van der Waals surface area contributed by atoms with Crippen molar-refractivity contribution in [2.45, 2.75) is 26.3 Å². The Kier molecular flexibility index (Phi) is 6.10. The summed E-state index contributed by atoms with van der Waals surface area (Å²) in [6, 6.07) is 15.6. The second-order valence-electron chi connectivity index (χ2n) is 5.33. The highest BCUT2D eigenvalue weighted by atomic mass is 16.4. The highest BCUT2D eigenvalue weighted by Gasteiger charge is 2.09. The number of carbonyl (C=O) groups is 1. The second kappa shape index (κ2) is 8.29. The van der Waals surface area contributed by atoms with Crippen LogP contribution in [0.3, 0.4) is 0 Å². The third-order valence-electron chi connectivity index (χ3n) is 3.51. The molecule has 0 amide bonds. The van der Waals surface area contributed by atoms with Gasteiger partial charge in [-0.15, -0.1) is 0 Å². The van der Waals surface area contributed by atoms with Gasteiger partial charge in [-0.25, -0.2) is 9.78 Å². The Morgan fingerprint density at radius 3 is 2.55 bits per heavy atom. The number of carboxylic acids is 1. The van der Waals surface area contributed by atoms with Crippen molar-refractivity contribution in [3.8, 4) is 0 Å². The smallest absolute Gasteiger partial charge is 0.354 e. The van der Waals surface area contributed by atoms with E-state index < -0.39 is 5.97 Å². The van der Waals surface area contributed by atoms with Crippen molar-refractivity contribution in [3.05, 3.63) is 65.5 Å². The number of aromatic nitrogens is 1. The Balaban J connectivity index is 1.99. The van der Waals surface area contributed by atoms with E-state index in [1.165, 1.54) is 11.6 Å². The first-order chi connectivity index (χ1) is 10.7. The molecule has 0 fully saturated rings. The summed E-state index contributed by atoms with van der Waals surface area (Å²) in [4.78, 5) is 17.5. The zero-order chi connectivity index (χ0) is 15.8. The van der Waals surface area contributed by atoms with E-state index in [9.17, 15) is 4.79 Å². The van der Waals surface area contributed by atoms with Gasteiger partial charge in [0, 0.05) is 13.1 Å². The van der Waals surface area contributed by atoms with Gasteiger partial charge < -0.3 is 5.11 Å². The lowest BCUT2D eigenvalue weighted by Gasteiger charge is -2.21. The van der Waals surface area contributed by atoms with Crippen LogP contribution in [0.2, 0.25) is 0 Å². The van der Waals surface area contributed by atoms with E-state index in [2.05, 4.69) is 41.1 Å². The first kappa shape index (κ1) is 16.2. The van der Waals surface area contributed by atoms with Crippen LogP contribution < -0.4 is 0 Å². The van der Waals surface area contributed by atoms with Gasteiger partial charge in [0.1, 0.15) is 5.69 Å². The van der Waals surface area contributed by atoms with E-state index in [1.807, 2.05) is 12.1 Å². The lowest BCUT2D eigenvalue weighted by Crippen LogP contribution is -2.27. The number of hydrogen-bond donors (Lipinski definition) is 1. The van der Waals surface area contributed by atoms with Crippen LogP contribution in [-0.4, -0.2) is 34.0 Å². The lowest BCUT2D eigenvalue weighted by atomic mass is 10.1. The zero-order valence-corrected chi connectivity index (χ0v) is 12.9. The van der Waals surface area contributed by atoms with Crippen molar-refractivity contribution < 1.29 is 9.90 Å². The van der Waals surface area contributed by atoms with Gasteiger partial charge in [-0.1, -0.05) is 43.3 Å². The fraction of sp³-hybridized carbons (Fsp3) is 0.333. The highest BCUT2D eigenvalue weighted by Crippen LogP contribution is 2.07. The summed E-state index contributed by atoms with van der Waals surface area (Å²) in [6.07, 6.45) is 2.05. The van der Waals surface area contributed by atoms with Crippen molar-refractivity contribution in [2.24, 2.45) is 0 Å². The minimum Gasteiger partial charge on any atom is -0.477 e. The van der Waals surface area contributed by atoms with Crippen LogP contribution in [-0.2, 0) is 13.0 Å². The van der Waals surface area contributed by atoms with Gasteiger partial charge in [-0.2, -0.15) is 0 Å². The molecule has 2 aromatic rings. The maximum atomic E-state index is 11.0. The van der Waals surface area contributed by atoms with Crippen LogP contribution in [0.25, 0.3) is 0 Å². The third-order valence-corrected chi connectivity index (χ3v) is 3.51. The van der Waals surface area contributed by atoms with Crippen molar-refractivity contribution in [3.63, 3.8) is 0 Å².